The third-order valence-corrected chi connectivity index (χ3v) is 2.71. The quantitative estimate of drug-likeness (QED) is 0.834. The van der Waals surface area contributed by atoms with Gasteiger partial charge in [0.05, 0.1) is 7.11 Å². The summed E-state index contributed by atoms with van der Waals surface area (Å²) in [7, 11) is 1.67. The van der Waals surface area contributed by atoms with Gasteiger partial charge in [-0.05, 0) is 36.8 Å². The summed E-state index contributed by atoms with van der Waals surface area (Å²) in [5.74, 6) is 2.62. The van der Waals surface area contributed by atoms with Crippen molar-refractivity contribution < 1.29 is 4.74 Å². The van der Waals surface area contributed by atoms with Crippen molar-refractivity contribution in [2.45, 2.75) is 13.5 Å². The Hall–Kier alpha value is -2.23. The lowest BCUT2D eigenvalue weighted by molar-refractivity contribution is 0.414. The Labute approximate surface area is 113 Å². The van der Waals surface area contributed by atoms with Crippen LogP contribution in [0.3, 0.4) is 0 Å². The summed E-state index contributed by atoms with van der Waals surface area (Å²) in [5, 5.41) is 6.50. The average molecular weight is 257 g/mol. The molecule has 0 bridgehead atoms. The molecule has 4 heteroatoms. The first kappa shape index (κ1) is 13.2. The molecule has 0 aliphatic rings. The average Bonchev–Trinajstić information content (AvgIpc) is 2.46. The van der Waals surface area contributed by atoms with Crippen molar-refractivity contribution in [3.8, 4) is 5.75 Å². The SMILES string of the molecule is CCNc1cccc(NCc2cccc(OC)c2)n1. The fraction of sp³-hybridized carbons (Fsp3) is 0.267. The van der Waals surface area contributed by atoms with Crippen LogP contribution in [0.5, 0.6) is 5.75 Å². The maximum Gasteiger partial charge on any atom is 0.128 e. The van der Waals surface area contributed by atoms with Crippen molar-refractivity contribution in [1.29, 1.82) is 0 Å². The van der Waals surface area contributed by atoms with E-state index in [1.165, 1.54) is 0 Å². The third-order valence-electron chi connectivity index (χ3n) is 2.71. The van der Waals surface area contributed by atoms with Crippen LogP contribution in [0.2, 0.25) is 0 Å². The van der Waals surface area contributed by atoms with E-state index in [1.54, 1.807) is 7.11 Å². The number of pyridine rings is 1. The zero-order valence-corrected chi connectivity index (χ0v) is 11.3. The molecule has 0 aliphatic carbocycles. The number of methoxy groups -OCH3 is 1. The summed E-state index contributed by atoms with van der Waals surface area (Å²) >= 11 is 0. The summed E-state index contributed by atoms with van der Waals surface area (Å²) in [6, 6.07) is 13.9. The first-order valence-corrected chi connectivity index (χ1v) is 6.39. The molecule has 1 heterocycles. The largest absolute Gasteiger partial charge is 0.497 e. The normalized spacial score (nSPS) is 10.0. The number of rotatable bonds is 6. The van der Waals surface area contributed by atoms with Gasteiger partial charge in [-0.2, -0.15) is 0 Å². The van der Waals surface area contributed by atoms with E-state index < -0.39 is 0 Å². The smallest absolute Gasteiger partial charge is 0.128 e. The van der Waals surface area contributed by atoms with Gasteiger partial charge in [0.25, 0.3) is 0 Å². The van der Waals surface area contributed by atoms with E-state index in [2.05, 4.69) is 28.6 Å². The molecule has 1 aromatic carbocycles. The number of aromatic nitrogens is 1. The van der Waals surface area contributed by atoms with Gasteiger partial charge in [0.15, 0.2) is 0 Å². The standard InChI is InChI=1S/C15H19N3O/c1-3-16-14-8-5-9-15(18-14)17-11-12-6-4-7-13(10-12)19-2/h4-10H,3,11H2,1-2H3,(H2,16,17,18). The second-order valence-corrected chi connectivity index (χ2v) is 4.14. The molecule has 0 radical (unpaired) electrons. The lowest BCUT2D eigenvalue weighted by Crippen LogP contribution is -2.04. The van der Waals surface area contributed by atoms with Crippen LogP contribution in [-0.4, -0.2) is 18.6 Å². The molecule has 0 amide bonds. The highest BCUT2D eigenvalue weighted by Gasteiger charge is 1.98. The summed E-state index contributed by atoms with van der Waals surface area (Å²) in [5.41, 5.74) is 1.16. The van der Waals surface area contributed by atoms with E-state index >= 15 is 0 Å². The first-order valence-electron chi connectivity index (χ1n) is 6.39. The molecule has 0 spiro atoms. The number of anilines is 2. The fourth-order valence-corrected chi connectivity index (χ4v) is 1.79. The van der Waals surface area contributed by atoms with Crippen LogP contribution in [-0.2, 0) is 6.54 Å². The number of hydrogen-bond acceptors (Lipinski definition) is 4. The van der Waals surface area contributed by atoms with Gasteiger partial charge in [-0.25, -0.2) is 4.98 Å². The first-order chi connectivity index (χ1) is 9.31. The highest BCUT2D eigenvalue weighted by atomic mass is 16.5. The molecular weight excluding hydrogens is 238 g/mol. The minimum absolute atomic E-state index is 0.722. The van der Waals surface area contributed by atoms with Gasteiger partial charge in [0.1, 0.15) is 17.4 Å². The monoisotopic (exact) mass is 257 g/mol. The van der Waals surface area contributed by atoms with Crippen molar-refractivity contribution in [1.82, 2.24) is 4.98 Å². The molecule has 0 fully saturated rings. The Morgan fingerprint density at radius 3 is 2.53 bits per heavy atom. The molecule has 19 heavy (non-hydrogen) atoms. The van der Waals surface area contributed by atoms with Crippen molar-refractivity contribution in [2.24, 2.45) is 0 Å². The van der Waals surface area contributed by atoms with E-state index in [1.807, 2.05) is 36.4 Å². The molecule has 100 valence electrons. The molecule has 0 aliphatic heterocycles. The number of ether oxygens (including phenoxy) is 1. The van der Waals surface area contributed by atoms with E-state index in [9.17, 15) is 0 Å². The predicted molar refractivity (Wildman–Crippen MR) is 78.7 cm³/mol. The Morgan fingerprint density at radius 1 is 1.05 bits per heavy atom. The molecule has 4 nitrogen and oxygen atoms in total. The lowest BCUT2D eigenvalue weighted by atomic mass is 10.2. The predicted octanol–water partition coefficient (Wildman–Crippen LogP) is 3.13. The molecule has 0 atom stereocenters. The van der Waals surface area contributed by atoms with Gasteiger partial charge < -0.3 is 15.4 Å². The molecule has 0 unspecified atom stereocenters. The van der Waals surface area contributed by atoms with E-state index in [4.69, 9.17) is 4.74 Å². The molecule has 2 rings (SSSR count). The zero-order chi connectivity index (χ0) is 13.5. The Balaban J connectivity index is 1.99. The maximum atomic E-state index is 5.20. The second kappa shape index (κ2) is 6.64. The minimum atomic E-state index is 0.722. The number of nitrogens with one attached hydrogen (secondary N) is 2. The summed E-state index contributed by atoms with van der Waals surface area (Å²) in [6.45, 7) is 3.64. The molecule has 0 saturated carbocycles. The van der Waals surface area contributed by atoms with Crippen LogP contribution >= 0.6 is 0 Å². The van der Waals surface area contributed by atoms with E-state index in [-0.39, 0.29) is 0 Å². The highest BCUT2D eigenvalue weighted by molar-refractivity contribution is 5.45. The number of benzene rings is 1. The third kappa shape index (κ3) is 3.88. The van der Waals surface area contributed by atoms with Crippen LogP contribution < -0.4 is 15.4 Å². The van der Waals surface area contributed by atoms with Gasteiger partial charge in [0, 0.05) is 13.1 Å². The molecule has 0 saturated heterocycles. The van der Waals surface area contributed by atoms with Crippen molar-refractivity contribution >= 4 is 11.6 Å². The Bertz CT molecular complexity index is 528. The maximum absolute atomic E-state index is 5.20. The van der Waals surface area contributed by atoms with Crippen molar-refractivity contribution in [3.05, 3.63) is 48.0 Å². The zero-order valence-electron chi connectivity index (χ0n) is 11.3. The highest BCUT2D eigenvalue weighted by Crippen LogP contribution is 2.14. The van der Waals surface area contributed by atoms with Gasteiger partial charge in [-0.1, -0.05) is 18.2 Å². The van der Waals surface area contributed by atoms with Crippen molar-refractivity contribution in [3.63, 3.8) is 0 Å². The van der Waals surface area contributed by atoms with Gasteiger partial charge >= 0.3 is 0 Å². The lowest BCUT2D eigenvalue weighted by Gasteiger charge is -2.09. The van der Waals surface area contributed by atoms with Crippen LogP contribution in [0.1, 0.15) is 12.5 Å². The number of hydrogen-bond donors (Lipinski definition) is 2. The molecular formula is C15H19N3O. The van der Waals surface area contributed by atoms with E-state index in [0.717, 1.165) is 36.0 Å². The Morgan fingerprint density at radius 2 is 1.79 bits per heavy atom. The summed E-state index contributed by atoms with van der Waals surface area (Å²) in [4.78, 5) is 4.47. The van der Waals surface area contributed by atoms with Gasteiger partial charge in [-0.15, -0.1) is 0 Å². The topological polar surface area (TPSA) is 46.2 Å². The number of nitrogens with zero attached hydrogens (tertiary/aromatic N) is 1. The van der Waals surface area contributed by atoms with Crippen LogP contribution in [0.25, 0.3) is 0 Å². The van der Waals surface area contributed by atoms with Crippen LogP contribution in [0.15, 0.2) is 42.5 Å². The van der Waals surface area contributed by atoms with Gasteiger partial charge in [0.2, 0.25) is 0 Å². The van der Waals surface area contributed by atoms with Crippen molar-refractivity contribution in [2.75, 3.05) is 24.3 Å². The van der Waals surface area contributed by atoms with Crippen LogP contribution in [0, 0.1) is 0 Å². The summed E-state index contributed by atoms with van der Waals surface area (Å²) in [6.07, 6.45) is 0. The molecule has 2 aromatic rings. The minimum Gasteiger partial charge on any atom is -0.497 e. The molecule has 1 aromatic heterocycles. The molecule has 2 N–H and O–H groups in total. The second-order valence-electron chi connectivity index (χ2n) is 4.14. The van der Waals surface area contributed by atoms with Crippen LogP contribution in [0.4, 0.5) is 11.6 Å². The van der Waals surface area contributed by atoms with Gasteiger partial charge in [-0.3, -0.25) is 0 Å². The Kier molecular flexibility index (Phi) is 4.61. The van der Waals surface area contributed by atoms with E-state index in [0.29, 0.717) is 0 Å². The summed E-state index contributed by atoms with van der Waals surface area (Å²) < 4.78 is 5.20. The fourth-order valence-electron chi connectivity index (χ4n) is 1.79.